The van der Waals surface area contributed by atoms with Gasteiger partial charge < -0.3 is 10.1 Å². The van der Waals surface area contributed by atoms with Crippen LogP contribution >= 0.6 is 0 Å². The highest BCUT2D eigenvalue weighted by atomic mass is 19.1. The second-order valence-corrected chi connectivity index (χ2v) is 6.47. The predicted molar refractivity (Wildman–Crippen MR) is 113 cm³/mol. The quantitative estimate of drug-likeness (QED) is 0.543. The number of nitrogens with zero attached hydrogens (tertiary/aromatic N) is 2. The van der Waals surface area contributed by atoms with E-state index in [1.165, 1.54) is 18.2 Å². The van der Waals surface area contributed by atoms with Crippen molar-refractivity contribution in [2.24, 2.45) is 0 Å². The third-order valence-corrected chi connectivity index (χ3v) is 4.53. The van der Waals surface area contributed by atoms with Crippen LogP contribution in [0.2, 0.25) is 0 Å². The zero-order valence-electron chi connectivity index (χ0n) is 16.1. The van der Waals surface area contributed by atoms with Gasteiger partial charge in [0.2, 0.25) is 0 Å². The average molecular weight is 403 g/mol. The molecule has 0 atom stereocenters. The van der Waals surface area contributed by atoms with Crippen LogP contribution in [0.4, 0.5) is 10.1 Å². The Balaban J connectivity index is 1.83. The Labute approximate surface area is 171 Å². The highest BCUT2D eigenvalue weighted by Gasteiger charge is 2.18. The fourth-order valence-corrected chi connectivity index (χ4v) is 3.13. The van der Waals surface area contributed by atoms with Gasteiger partial charge >= 0.3 is 0 Å². The van der Waals surface area contributed by atoms with Crippen molar-refractivity contribution in [1.29, 1.82) is 0 Å². The molecule has 0 saturated heterocycles. The Morgan fingerprint density at radius 1 is 1.00 bits per heavy atom. The summed E-state index contributed by atoms with van der Waals surface area (Å²) in [6.07, 6.45) is 0. The van der Waals surface area contributed by atoms with E-state index in [-0.39, 0.29) is 16.9 Å². The minimum Gasteiger partial charge on any atom is -0.494 e. The average Bonchev–Trinajstić information content (AvgIpc) is 2.77. The fourth-order valence-electron chi connectivity index (χ4n) is 3.13. The van der Waals surface area contributed by atoms with Gasteiger partial charge in [-0.05, 0) is 49.4 Å². The molecule has 4 rings (SSSR count). The minimum atomic E-state index is -0.615. The van der Waals surface area contributed by atoms with Crippen LogP contribution in [0.25, 0.3) is 16.5 Å². The molecule has 1 aromatic heterocycles. The van der Waals surface area contributed by atoms with E-state index in [0.717, 1.165) is 4.68 Å². The van der Waals surface area contributed by atoms with Crippen LogP contribution in [0, 0.1) is 5.82 Å². The standard InChI is InChI=1S/C23H18FN3O3/c1-2-30-16-13-11-15(12-14-16)27-23(29)18-8-4-3-7-17(18)21(26-27)22(28)25-20-10-6-5-9-19(20)24/h3-14H,2H2,1H3,(H,25,28). The van der Waals surface area contributed by atoms with Crippen molar-refractivity contribution in [3.8, 4) is 11.4 Å². The highest BCUT2D eigenvalue weighted by molar-refractivity contribution is 6.11. The molecule has 0 unspecified atom stereocenters. The number of amides is 1. The summed E-state index contributed by atoms with van der Waals surface area (Å²) < 4.78 is 20.6. The molecule has 0 aliphatic carbocycles. The number of para-hydroxylation sites is 1. The maximum Gasteiger partial charge on any atom is 0.279 e. The summed E-state index contributed by atoms with van der Waals surface area (Å²) in [4.78, 5) is 25.9. The lowest BCUT2D eigenvalue weighted by atomic mass is 10.1. The summed E-state index contributed by atoms with van der Waals surface area (Å²) >= 11 is 0. The molecule has 30 heavy (non-hydrogen) atoms. The zero-order valence-corrected chi connectivity index (χ0v) is 16.1. The van der Waals surface area contributed by atoms with Gasteiger partial charge in [-0.1, -0.05) is 30.3 Å². The maximum atomic E-state index is 14.0. The van der Waals surface area contributed by atoms with E-state index < -0.39 is 11.7 Å². The van der Waals surface area contributed by atoms with Crippen molar-refractivity contribution >= 4 is 22.4 Å². The molecule has 150 valence electrons. The SMILES string of the molecule is CCOc1ccc(-n2nc(C(=O)Nc3ccccc3F)c3ccccc3c2=O)cc1. The number of ether oxygens (including phenoxy) is 1. The van der Waals surface area contributed by atoms with Crippen molar-refractivity contribution in [2.75, 3.05) is 11.9 Å². The summed E-state index contributed by atoms with van der Waals surface area (Å²) in [7, 11) is 0. The normalized spacial score (nSPS) is 10.7. The molecule has 4 aromatic rings. The number of benzene rings is 3. The lowest BCUT2D eigenvalue weighted by Gasteiger charge is -2.12. The van der Waals surface area contributed by atoms with Crippen LogP contribution in [0.3, 0.4) is 0 Å². The number of hydrogen-bond acceptors (Lipinski definition) is 4. The Bertz CT molecular complexity index is 1280. The van der Waals surface area contributed by atoms with Crippen molar-refractivity contribution in [3.05, 3.63) is 94.7 Å². The number of nitrogens with one attached hydrogen (secondary N) is 1. The van der Waals surface area contributed by atoms with Crippen molar-refractivity contribution in [2.45, 2.75) is 6.92 Å². The third-order valence-electron chi connectivity index (χ3n) is 4.53. The summed E-state index contributed by atoms with van der Waals surface area (Å²) in [5.41, 5.74) is 0.167. The molecule has 0 aliphatic rings. The number of fused-ring (bicyclic) bond motifs is 1. The zero-order chi connectivity index (χ0) is 21.1. The molecule has 0 saturated carbocycles. The first-order valence-corrected chi connectivity index (χ1v) is 9.39. The molecule has 6 nitrogen and oxygen atoms in total. The van der Waals surface area contributed by atoms with Gasteiger partial charge in [-0.15, -0.1) is 0 Å². The molecule has 0 aliphatic heterocycles. The van der Waals surface area contributed by atoms with Crippen molar-refractivity contribution < 1.29 is 13.9 Å². The summed E-state index contributed by atoms with van der Waals surface area (Å²) in [6.45, 7) is 2.40. The molecular formula is C23H18FN3O3. The number of carbonyl (C=O) groups excluding carboxylic acids is 1. The number of hydrogen-bond donors (Lipinski definition) is 1. The Morgan fingerprint density at radius 2 is 1.67 bits per heavy atom. The van der Waals surface area contributed by atoms with Crippen LogP contribution in [-0.4, -0.2) is 22.3 Å². The second-order valence-electron chi connectivity index (χ2n) is 6.47. The molecular weight excluding hydrogens is 385 g/mol. The van der Waals surface area contributed by atoms with E-state index in [9.17, 15) is 14.0 Å². The summed E-state index contributed by atoms with van der Waals surface area (Å²) in [6, 6.07) is 19.4. The van der Waals surface area contributed by atoms with E-state index in [1.54, 1.807) is 54.6 Å². The van der Waals surface area contributed by atoms with Crippen LogP contribution in [0.1, 0.15) is 17.4 Å². The molecule has 1 amide bonds. The molecule has 0 spiro atoms. The summed E-state index contributed by atoms with van der Waals surface area (Å²) in [5.74, 6) is -0.515. The molecule has 0 fully saturated rings. The second kappa shape index (κ2) is 8.16. The Morgan fingerprint density at radius 3 is 2.37 bits per heavy atom. The van der Waals surface area contributed by atoms with E-state index in [0.29, 0.717) is 28.8 Å². The first-order valence-electron chi connectivity index (χ1n) is 9.39. The van der Waals surface area contributed by atoms with E-state index >= 15 is 0 Å². The molecule has 0 radical (unpaired) electrons. The van der Waals surface area contributed by atoms with E-state index in [4.69, 9.17) is 4.74 Å². The van der Waals surface area contributed by atoms with Gasteiger partial charge in [-0.3, -0.25) is 9.59 Å². The third kappa shape index (κ3) is 3.65. The number of carbonyl (C=O) groups is 1. The Hall–Kier alpha value is -4.00. The molecule has 1 N–H and O–H groups in total. The van der Waals surface area contributed by atoms with Crippen LogP contribution in [0.15, 0.2) is 77.6 Å². The lowest BCUT2D eigenvalue weighted by Crippen LogP contribution is -2.26. The molecule has 3 aromatic carbocycles. The van der Waals surface area contributed by atoms with Crippen LogP contribution in [0.5, 0.6) is 5.75 Å². The van der Waals surface area contributed by atoms with Gasteiger partial charge in [0.05, 0.1) is 23.4 Å². The van der Waals surface area contributed by atoms with Crippen molar-refractivity contribution in [3.63, 3.8) is 0 Å². The molecule has 0 bridgehead atoms. The number of halogens is 1. The van der Waals surface area contributed by atoms with Gasteiger partial charge in [0.15, 0.2) is 5.69 Å². The summed E-state index contributed by atoms with van der Waals surface area (Å²) in [5, 5.41) is 7.55. The first-order chi connectivity index (χ1) is 14.6. The van der Waals surface area contributed by atoms with Gasteiger partial charge in [0.1, 0.15) is 11.6 Å². The van der Waals surface area contributed by atoms with Gasteiger partial charge in [0, 0.05) is 5.39 Å². The van der Waals surface area contributed by atoms with Crippen LogP contribution in [-0.2, 0) is 0 Å². The monoisotopic (exact) mass is 403 g/mol. The fraction of sp³-hybridized carbons (Fsp3) is 0.0870. The smallest absolute Gasteiger partial charge is 0.279 e. The molecule has 1 heterocycles. The first kappa shape index (κ1) is 19.3. The van der Waals surface area contributed by atoms with E-state index in [2.05, 4.69) is 10.4 Å². The number of rotatable bonds is 5. The largest absolute Gasteiger partial charge is 0.494 e. The number of aromatic nitrogens is 2. The lowest BCUT2D eigenvalue weighted by molar-refractivity contribution is 0.102. The molecule has 7 heteroatoms. The highest BCUT2D eigenvalue weighted by Crippen LogP contribution is 2.19. The van der Waals surface area contributed by atoms with Crippen molar-refractivity contribution in [1.82, 2.24) is 9.78 Å². The minimum absolute atomic E-state index is 0.0161. The number of anilines is 1. The van der Waals surface area contributed by atoms with E-state index in [1.807, 2.05) is 6.92 Å². The van der Waals surface area contributed by atoms with Gasteiger partial charge in [0.25, 0.3) is 11.5 Å². The van der Waals surface area contributed by atoms with Gasteiger partial charge in [-0.2, -0.15) is 9.78 Å². The Kier molecular flexibility index (Phi) is 5.26. The topological polar surface area (TPSA) is 73.2 Å². The predicted octanol–water partition coefficient (Wildman–Crippen LogP) is 4.18. The van der Waals surface area contributed by atoms with Crippen LogP contribution < -0.4 is 15.6 Å². The van der Waals surface area contributed by atoms with Gasteiger partial charge in [-0.25, -0.2) is 4.39 Å². The maximum absolute atomic E-state index is 14.0.